The van der Waals surface area contributed by atoms with Crippen molar-refractivity contribution in [2.24, 2.45) is 5.10 Å². The van der Waals surface area contributed by atoms with Gasteiger partial charge in [0.25, 0.3) is 5.91 Å². The maximum atomic E-state index is 12.5. The number of ether oxygens (including phenoxy) is 3. The largest absolute Gasteiger partial charge is 0.493 e. The zero-order valence-corrected chi connectivity index (χ0v) is 15.5. The summed E-state index contributed by atoms with van der Waals surface area (Å²) in [5, 5.41) is 5.10. The van der Waals surface area contributed by atoms with Gasteiger partial charge in [-0.1, -0.05) is 18.2 Å². The number of fused-ring (bicyclic) bond motifs is 1. The lowest BCUT2D eigenvalue weighted by molar-refractivity contribution is 0.0954. The highest BCUT2D eigenvalue weighted by atomic mass is 16.5. The van der Waals surface area contributed by atoms with E-state index in [1.54, 1.807) is 19.1 Å². The number of methoxy groups -OCH3 is 3. The number of hydrogen-bond acceptors (Lipinski definition) is 6. The minimum Gasteiger partial charge on any atom is -0.493 e. The quantitative estimate of drug-likeness (QED) is 0.531. The Morgan fingerprint density at radius 1 is 1.00 bits per heavy atom. The number of carbonyl (C=O) groups excluding carboxylic acids is 1. The summed E-state index contributed by atoms with van der Waals surface area (Å²) in [7, 11) is 4.48. The zero-order valence-electron chi connectivity index (χ0n) is 15.5. The van der Waals surface area contributed by atoms with Crippen LogP contribution < -0.4 is 19.6 Å². The molecule has 3 aromatic rings. The first-order chi connectivity index (χ1) is 13.1. The van der Waals surface area contributed by atoms with Crippen LogP contribution in [0.3, 0.4) is 0 Å². The van der Waals surface area contributed by atoms with Crippen LogP contribution in [0.15, 0.2) is 52.0 Å². The number of nitrogens with one attached hydrogen (secondary N) is 1. The Labute approximate surface area is 156 Å². The topological polar surface area (TPSA) is 82.3 Å². The van der Waals surface area contributed by atoms with E-state index in [-0.39, 0.29) is 0 Å². The molecule has 0 saturated carbocycles. The van der Waals surface area contributed by atoms with Gasteiger partial charge in [-0.15, -0.1) is 0 Å². The summed E-state index contributed by atoms with van der Waals surface area (Å²) in [6, 6.07) is 12.6. The molecule has 7 heteroatoms. The summed E-state index contributed by atoms with van der Waals surface area (Å²) < 4.78 is 21.5. The van der Waals surface area contributed by atoms with E-state index < -0.39 is 5.91 Å². The molecule has 0 fully saturated rings. The second kappa shape index (κ2) is 7.82. The van der Waals surface area contributed by atoms with Gasteiger partial charge >= 0.3 is 0 Å². The van der Waals surface area contributed by atoms with Gasteiger partial charge in [-0.2, -0.15) is 5.10 Å². The molecule has 0 saturated heterocycles. The standard InChI is InChI=1S/C20H20N2O5/c1-12(16-9-13-7-5-6-8-15(13)27-16)21-22-20(23)14-10-17(24-2)19(26-4)18(11-14)25-3/h5-11H,1-4H3,(H,22,23)/b21-12-. The fourth-order valence-corrected chi connectivity index (χ4v) is 2.63. The fourth-order valence-electron chi connectivity index (χ4n) is 2.63. The predicted octanol–water partition coefficient (Wildman–Crippen LogP) is 3.61. The minimum absolute atomic E-state index is 0.325. The minimum atomic E-state index is -0.412. The molecule has 1 aromatic heterocycles. The van der Waals surface area contributed by atoms with E-state index in [1.165, 1.54) is 21.3 Å². The van der Waals surface area contributed by atoms with Crippen LogP contribution in [0.2, 0.25) is 0 Å². The molecule has 1 N–H and O–H groups in total. The molecular formula is C20H20N2O5. The average molecular weight is 368 g/mol. The molecule has 1 amide bonds. The van der Waals surface area contributed by atoms with Crippen molar-refractivity contribution in [3.8, 4) is 17.2 Å². The molecule has 0 aliphatic carbocycles. The van der Waals surface area contributed by atoms with Crippen LogP contribution in [0.4, 0.5) is 0 Å². The second-order valence-electron chi connectivity index (χ2n) is 5.70. The summed E-state index contributed by atoms with van der Waals surface area (Å²) in [5.41, 5.74) is 4.15. The van der Waals surface area contributed by atoms with Gasteiger partial charge in [0, 0.05) is 10.9 Å². The van der Waals surface area contributed by atoms with Gasteiger partial charge in [-0.3, -0.25) is 4.79 Å². The number of hydrazone groups is 1. The lowest BCUT2D eigenvalue weighted by Crippen LogP contribution is -2.19. The Kier molecular flexibility index (Phi) is 5.30. The zero-order chi connectivity index (χ0) is 19.4. The van der Waals surface area contributed by atoms with Crippen LogP contribution in [0.25, 0.3) is 11.0 Å². The Bertz CT molecular complexity index is 949. The Balaban J connectivity index is 1.83. The SMILES string of the molecule is COc1cc(C(=O)N/N=C(/C)c2cc3ccccc3o2)cc(OC)c1OC. The molecule has 27 heavy (non-hydrogen) atoms. The van der Waals surface area contributed by atoms with Crippen LogP contribution in [-0.2, 0) is 0 Å². The lowest BCUT2D eigenvalue weighted by Gasteiger charge is -2.13. The maximum Gasteiger partial charge on any atom is 0.271 e. The molecule has 0 aliphatic rings. The molecule has 0 radical (unpaired) electrons. The van der Waals surface area contributed by atoms with Gasteiger partial charge in [-0.05, 0) is 31.2 Å². The van der Waals surface area contributed by atoms with Gasteiger partial charge in [0.05, 0.1) is 21.3 Å². The number of furan rings is 1. The number of para-hydroxylation sites is 1. The summed E-state index contributed by atoms with van der Waals surface area (Å²) in [4.78, 5) is 12.5. The first-order valence-electron chi connectivity index (χ1n) is 8.21. The van der Waals surface area contributed by atoms with Crippen LogP contribution >= 0.6 is 0 Å². The van der Waals surface area contributed by atoms with E-state index >= 15 is 0 Å². The number of hydrogen-bond donors (Lipinski definition) is 1. The Morgan fingerprint density at radius 3 is 2.26 bits per heavy atom. The number of rotatable bonds is 6. The van der Waals surface area contributed by atoms with Crippen molar-refractivity contribution in [1.29, 1.82) is 0 Å². The monoisotopic (exact) mass is 368 g/mol. The highest BCUT2D eigenvalue weighted by Crippen LogP contribution is 2.38. The van der Waals surface area contributed by atoms with E-state index in [0.717, 1.165) is 11.0 Å². The molecule has 7 nitrogen and oxygen atoms in total. The van der Waals surface area contributed by atoms with Crippen LogP contribution in [0, 0.1) is 0 Å². The van der Waals surface area contributed by atoms with Crippen LogP contribution in [0.1, 0.15) is 23.0 Å². The van der Waals surface area contributed by atoms with Crippen molar-refractivity contribution < 1.29 is 23.4 Å². The third-order valence-corrected chi connectivity index (χ3v) is 4.03. The molecule has 3 rings (SSSR count). The summed E-state index contributed by atoms with van der Waals surface area (Å²) in [6.07, 6.45) is 0. The third-order valence-electron chi connectivity index (χ3n) is 4.03. The number of carbonyl (C=O) groups is 1. The van der Waals surface area contributed by atoms with Crippen molar-refractivity contribution in [3.63, 3.8) is 0 Å². The van der Waals surface area contributed by atoms with Crippen molar-refractivity contribution in [3.05, 3.63) is 53.8 Å². The van der Waals surface area contributed by atoms with Crippen LogP contribution in [0.5, 0.6) is 17.2 Å². The fraction of sp³-hybridized carbons (Fsp3) is 0.200. The van der Waals surface area contributed by atoms with Gasteiger partial charge in [0.1, 0.15) is 11.3 Å². The predicted molar refractivity (Wildman–Crippen MR) is 102 cm³/mol. The van der Waals surface area contributed by atoms with Crippen molar-refractivity contribution in [1.82, 2.24) is 5.43 Å². The maximum absolute atomic E-state index is 12.5. The van der Waals surface area contributed by atoms with Gasteiger partial charge in [-0.25, -0.2) is 5.43 Å². The molecule has 0 unspecified atom stereocenters. The molecule has 0 bridgehead atoms. The first kappa shape index (κ1) is 18.3. The highest BCUT2D eigenvalue weighted by molar-refractivity contribution is 6.01. The second-order valence-corrected chi connectivity index (χ2v) is 5.70. The first-order valence-corrected chi connectivity index (χ1v) is 8.21. The van der Waals surface area contributed by atoms with E-state index in [0.29, 0.717) is 34.3 Å². The molecular weight excluding hydrogens is 348 g/mol. The summed E-state index contributed by atoms with van der Waals surface area (Å²) in [6.45, 7) is 1.76. The van der Waals surface area contributed by atoms with E-state index in [2.05, 4.69) is 10.5 Å². The molecule has 2 aromatic carbocycles. The van der Waals surface area contributed by atoms with E-state index in [1.807, 2.05) is 30.3 Å². The van der Waals surface area contributed by atoms with Crippen molar-refractivity contribution >= 4 is 22.6 Å². The average Bonchev–Trinajstić information content (AvgIpc) is 3.14. The van der Waals surface area contributed by atoms with Gasteiger partial charge in [0.2, 0.25) is 5.75 Å². The molecule has 140 valence electrons. The molecule has 1 heterocycles. The van der Waals surface area contributed by atoms with Gasteiger partial charge in [0.15, 0.2) is 17.3 Å². The summed E-state index contributed by atoms with van der Waals surface area (Å²) >= 11 is 0. The normalized spacial score (nSPS) is 11.3. The molecule has 0 spiro atoms. The van der Waals surface area contributed by atoms with E-state index in [9.17, 15) is 4.79 Å². The number of nitrogens with zero attached hydrogens (tertiary/aromatic N) is 1. The highest BCUT2D eigenvalue weighted by Gasteiger charge is 2.17. The number of amides is 1. The smallest absolute Gasteiger partial charge is 0.271 e. The van der Waals surface area contributed by atoms with Crippen molar-refractivity contribution in [2.75, 3.05) is 21.3 Å². The third kappa shape index (κ3) is 3.72. The van der Waals surface area contributed by atoms with Crippen molar-refractivity contribution in [2.45, 2.75) is 6.92 Å². The van der Waals surface area contributed by atoms with E-state index in [4.69, 9.17) is 18.6 Å². The number of benzene rings is 2. The van der Waals surface area contributed by atoms with Crippen LogP contribution in [-0.4, -0.2) is 32.9 Å². The molecule has 0 aliphatic heterocycles. The Hall–Kier alpha value is -3.48. The van der Waals surface area contributed by atoms with Gasteiger partial charge < -0.3 is 18.6 Å². The summed E-state index contributed by atoms with van der Waals surface area (Å²) in [5.74, 6) is 1.37. The molecule has 0 atom stereocenters. The Morgan fingerprint density at radius 2 is 1.67 bits per heavy atom. The lowest BCUT2D eigenvalue weighted by atomic mass is 10.1.